The Kier molecular flexibility index (Phi) is 3.06. The number of nitrogens with one attached hydrogen (secondary N) is 1. The van der Waals surface area contributed by atoms with Gasteiger partial charge in [-0.15, -0.1) is 0 Å². The van der Waals surface area contributed by atoms with Gasteiger partial charge in [0.25, 0.3) is 0 Å². The highest BCUT2D eigenvalue weighted by Gasteiger charge is 2.02. The van der Waals surface area contributed by atoms with E-state index < -0.39 is 0 Å². The van der Waals surface area contributed by atoms with E-state index >= 15 is 0 Å². The van der Waals surface area contributed by atoms with Crippen molar-refractivity contribution in [2.45, 2.75) is 13.8 Å². The first-order valence-corrected chi connectivity index (χ1v) is 5.40. The second-order valence-electron chi connectivity index (χ2n) is 3.94. The number of anilines is 2. The zero-order chi connectivity index (χ0) is 12.3. The first kappa shape index (κ1) is 11.2. The van der Waals surface area contributed by atoms with Gasteiger partial charge in [0.05, 0.1) is 11.9 Å². The van der Waals surface area contributed by atoms with E-state index in [1.54, 1.807) is 12.3 Å². The minimum atomic E-state index is 0.428. The minimum Gasteiger partial charge on any atom is -0.354 e. The number of para-hydroxylation sites is 1. The molecule has 1 N–H and O–H groups in total. The largest absolute Gasteiger partial charge is 0.354 e. The van der Waals surface area contributed by atoms with Gasteiger partial charge in [-0.05, 0) is 37.1 Å². The molecule has 3 heteroatoms. The maximum Gasteiger partial charge on any atom is 0.140 e. The second kappa shape index (κ2) is 4.67. The first-order valence-electron chi connectivity index (χ1n) is 5.40. The minimum absolute atomic E-state index is 0.428. The summed E-state index contributed by atoms with van der Waals surface area (Å²) in [7, 11) is 0. The molecule has 0 saturated carbocycles. The van der Waals surface area contributed by atoms with Gasteiger partial charge in [0.15, 0.2) is 0 Å². The lowest BCUT2D eigenvalue weighted by Gasteiger charge is -2.12. The quantitative estimate of drug-likeness (QED) is 0.849. The molecule has 0 aliphatic heterocycles. The molecule has 0 spiro atoms. The molecule has 2 aromatic rings. The molecule has 0 radical (unpaired) electrons. The summed E-state index contributed by atoms with van der Waals surface area (Å²) in [6.45, 7) is 4.12. The third-order valence-corrected chi connectivity index (χ3v) is 2.63. The normalized spacial score (nSPS) is 9.71. The van der Waals surface area contributed by atoms with Crippen LogP contribution in [-0.4, -0.2) is 4.98 Å². The van der Waals surface area contributed by atoms with Gasteiger partial charge in [0.2, 0.25) is 0 Å². The van der Waals surface area contributed by atoms with Gasteiger partial charge in [-0.1, -0.05) is 18.2 Å². The van der Waals surface area contributed by atoms with Crippen LogP contribution >= 0.6 is 0 Å². The van der Waals surface area contributed by atoms with Crippen LogP contribution in [0.3, 0.4) is 0 Å². The van der Waals surface area contributed by atoms with Crippen LogP contribution in [0.15, 0.2) is 36.5 Å². The van der Waals surface area contributed by atoms with E-state index in [4.69, 9.17) is 5.26 Å². The van der Waals surface area contributed by atoms with Crippen LogP contribution in [0.5, 0.6) is 0 Å². The summed E-state index contributed by atoms with van der Waals surface area (Å²) in [5.74, 6) is 0. The third-order valence-electron chi connectivity index (χ3n) is 2.63. The summed E-state index contributed by atoms with van der Waals surface area (Å²) in [6, 6.07) is 11.7. The van der Waals surface area contributed by atoms with E-state index in [1.807, 2.05) is 18.2 Å². The molecule has 0 atom stereocenters. The van der Waals surface area contributed by atoms with E-state index in [2.05, 4.69) is 36.3 Å². The molecule has 2 rings (SSSR count). The Bertz CT molecular complexity index is 545. The van der Waals surface area contributed by atoms with Crippen LogP contribution in [0.1, 0.15) is 16.8 Å². The number of nitriles is 1. The number of aryl methyl sites for hydroxylation is 2. The Labute approximate surface area is 101 Å². The van der Waals surface area contributed by atoms with E-state index in [-0.39, 0.29) is 0 Å². The standard InChI is InChI=1S/C14H13N3/c1-10-4-3-5-11(2)14(10)17-13-7-6-12(8-15)16-9-13/h3-7,9,17H,1-2H3. The Morgan fingerprint density at radius 1 is 1.12 bits per heavy atom. The molecule has 0 aliphatic rings. The average Bonchev–Trinajstić information content (AvgIpc) is 2.35. The average molecular weight is 223 g/mol. The Hall–Kier alpha value is -2.34. The van der Waals surface area contributed by atoms with Crippen LogP contribution in [0.4, 0.5) is 11.4 Å². The molecule has 0 fully saturated rings. The van der Waals surface area contributed by atoms with Crippen molar-refractivity contribution in [1.29, 1.82) is 5.26 Å². The van der Waals surface area contributed by atoms with E-state index in [9.17, 15) is 0 Å². The molecule has 1 aromatic carbocycles. The van der Waals surface area contributed by atoms with Crippen molar-refractivity contribution >= 4 is 11.4 Å². The summed E-state index contributed by atoms with van der Waals surface area (Å²) >= 11 is 0. The van der Waals surface area contributed by atoms with Gasteiger partial charge in [0.1, 0.15) is 11.8 Å². The number of nitrogens with zero attached hydrogens (tertiary/aromatic N) is 2. The fourth-order valence-corrected chi connectivity index (χ4v) is 1.69. The number of benzene rings is 1. The molecule has 17 heavy (non-hydrogen) atoms. The highest BCUT2D eigenvalue weighted by molar-refractivity contribution is 5.66. The highest BCUT2D eigenvalue weighted by atomic mass is 14.9. The lowest BCUT2D eigenvalue weighted by Crippen LogP contribution is -1.96. The number of hydrogen-bond donors (Lipinski definition) is 1. The molecule has 0 saturated heterocycles. The second-order valence-corrected chi connectivity index (χ2v) is 3.94. The SMILES string of the molecule is Cc1cccc(C)c1Nc1ccc(C#N)nc1. The van der Waals surface area contributed by atoms with Crippen LogP contribution in [0.25, 0.3) is 0 Å². The maximum absolute atomic E-state index is 8.67. The van der Waals surface area contributed by atoms with Crippen molar-refractivity contribution in [3.63, 3.8) is 0 Å². The van der Waals surface area contributed by atoms with Gasteiger partial charge in [-0.2, -0.15) is 5.26 Å². The molecule has 1 aromatic heterocycles. The number of pyridine rings is 1. The van der Waals surface area contributed by atoms with Crippen molar-refractivity contribution in [2.75, 3.05) is 5.32 Å². The third kappa shape index (κ3) is 2.43. The van der Waals surface area contributed by atoms with Crippen molar-refractivity contribution in [2.24, 2.45) is 0 Å². The predicted octanol–water partition coefficient (Wildman–Crippen LogP) is 3.31. The smallest absolute Gasteiger partial charge is 0.140 e. The summed E-state index contributed by atoms with van der Waals surface area (Å²) in [5, 5.41) is 12.0. The molecule has 3 nitrogen and oxygen atoms in total. The summed E-state index contributed by atoms with van der Waals surface area (Å²) in [5.41, 5.74) is 4.79. The Morgan fingerprint density at radius 2 is 1.82 bits per heavy atom. The summed E-state index contributed by atoms with van der Waals surface area (Å²) in [4.78, 5) is 4.03. The van der Waals surface area contributed by atoms with E-state index in [0.29, 0.717) is 5.69 Å². The van der Waals surface area contributed by atoms with Crippen LogP contribution in [0.2, 0.25) is 0 Å². The molecule has 0 amide bonds. The van der Waals surface area contributed by atoms with Gasteiger partial charge >= 0.3 is 0 Å². The van der Waals surface area contributed by atoms with E-state index in [0.717, 1.165) is 11.4 Å². The topological polar surface area (TPSA) is 48.7 Å². The van der Waals surface area contributed by atoms with Crippen molar-refractivity contribution in [3.05, 3.63) is 53.3 Å². The fourth-order valence-electron chi connectivity index (χ4n) is 1.69. The highest BCUT2D eigenvalue weighted by Crippen LogP contribution is 2.23. The predicted molar refractivity (Wildman–Crippen MR) is 68.2 cm³/mol. The van der Waals surface area contributed by atoms with Crippen LogP contribution < -0.4 is 5.32 Å². The molecular weight excluding hydrogens is 210 g/mol. The van der Waals surface area contributed by atoms with Crippen molar-refractivity contribution in [1.82, 2.24) is 4.98 Å². The lowest BCUT2D eigenvalue weighted by molar-refractivity contribution is 1.25. The number of hydrogen-bond acceptors (Lipinski definition) is 3. The zero-order valence-corrected chi connectivity index (χ0v) is 9.86. The molecule has 0 bridgehead atoms. The maximum atomic E-state index is 8.67. The van der Waals surface area contributed by atoms with E-state index in [1.165, 1.54) is 11.1 Å². The van der Waals surface area contributed by atoms with Crippen LogP contribution in [-0.2, 0) is 0 Å². The zero-order valence-electron chi connectivity index (χ0n) is 9.86. The summed E-state index contributed by atoms with van der Waals surface area (Å²) in [6.07, 6.45) is 1.67. The Balaban J connectivity index is 2.29. The summed E-state index contributed by atoms with van der Waals surface area (Å²) < 4.78 is 0. The molecule has 84 valence electrons. The fraction of sp³-hybridized carbons (Fsp3) is 0.143. The molecule has 0 unspecified atom stereocenters. The Morgan fingerprint density at radius 3 is 2.35 bits per heavy atom. The molecular formula is C14H13N3. The van der Waals surface area contributed by atoms with Crippen LogP contribution in [0, 0.1) is 25.2 Å². The van der Waals surface area contributed by atoms with Gasteiger partial charge < -0.3 is 5.32 Å². The van der Waals surface area contributed by atoms with Gasteiger partial charge in [0, 0.05) is 5.69 Å². The number of rotatable bonds is 2. The lowest BCUT2D eigenvalue weighted by atomic mass is 10.1. The van der Waals surface area contributed by atoms with Crippen molar-refractivity contribution in [3.8, 4) is 6.07 Å². The molecule has 0 aliphatic carbocycles. The van der Waals surface area contributed by atoms with Gasteiger partial charge in [-0.25, -0.2) is 4.98 Å². The van der Waals surface area contributed by atoms with Gasteiger partial charge in [-0.3, -0.25) is 0 Å². The molecule has 1 heterocycles. The number of aromatic nitrogens is 1. The first-order chi connectivity index (χ1) is 8.20. The monoisotopic (exact) mass is 223 g/mol. The van der Waals surface area contributed by atoms with Crippen molar-refractivity contribution < 1.29 is 0 Å².